The van der Waals surface area contributed by atoms with Crippen LogP contribution < -0.4 is 15.5 Å². The van der Waals surface area contributed by atoms with Crippen molar-refractivity contribution in [1.82, 2.24) is 5.43 Å². The highest BCUT2D eigenvalue weighted by Crippen LogP contribution is 2.28. The number of carbonyl (C=O) groups excluding carboxylic acids is 1. The number of aromatic hydroxyl groups is 1. The zero-order valence-electron chi connectivity index (χ0n) is 13.7. The van der Waals surface area contributed by atoms with Gasteiger partial charge < -0.3 is 15.2 Å². The number of carbonyl (C=O) groups is 1. The summed E-state index contributed by atoms with van der Waals surface area (Å²) >= 11 is 0. The lowest BCUT2D eigenvalue weighted by atomic mass is 10.2. The van der Waals surface area contributed by atoms with Crippen LogP contribution in [0.2, 0.25) is 0 Å². The van der Waals surface area contributed by atoms with Crippen molar-refractivity contribution in [2.45, 2.75) is 13.8 Å². The number of aryl methyl sites for hydroxylation is 1. The number of hydrogen-bond donors (Lipinski definition) is 3. The Bertz CT molecular complexity index is 729. The van der Waals surface area contributed by atoms with E-state index >= 15 is 0 Å². The van der Waals surface area contributed by atoms with Crippen LogP contribution in [0.15, 0.2) is 47.6 Å². The number of hydrazone groups is 1. The van der Waals surface area contributed by atoms with Crippen LogP contribution in [0, 0.1) is 6.92 Å². The van der Waals surface area contributed by atoms with Crippen LogP contribution in [-0.4, -0.2) is 30.4 Å². The predicted octanol–water partition coefficient (Wildman–Crippen LogP) is 2.66. The van der Waals surface area contributed by atoms with Crippen LogP contribution in [0.1, 0.15) is 18.1 Å². The zero-order valence-corrected chi connectivity index (χ0v) is 13.7. The Hall–Kier alpha value is -3.02. The molecule has 0 heterocycles. The molecule has 0 aromatic heterocycles. The van der Waals surface area contributed by atoms with E-state index in [4.69, 9.17) is 4.74 Å². The first kappa shape index (κ1) is 17.3. The van der Waals surface area contributed by atoms with E-state index in [-0.39, 0.29) is 18.2 Å². The summed E-state index contributed by atoms with van der Waals surface area (Å²) in [5.41, 5.74) is 4.84. The van der Waals surface area contributed by atoms with Gasteiger partial charge in [0.15, 0.2) is 11.5 Å². The second-order valence-corrected chi connectivity index (χ2v) is 5.09. The second kappa shape index (κ2) is 8.57. The minimum atomic E-state index is -0.282. The monoisotopic (exact) mass is 327 g/mol. The smallest absolute Gasteiger partial charge is 0.259 e. The van der Waals surface area contributed by atoms with Gasteiger partial charge in [-0.05, 0) is 37.6 Å². The lowest BCUT2D eigenvalue weighted by Gasteiger charge is -2.08. The second-order valence-electron chi connectivity index (χ2n) is 5.09. The Morgan fingerprint density at radius 2 is 2.04 bits per heavy atom. The normalized spacial score (nSPS) is 10.6. The number of rotatable bonds is 7. The number of ether oxygens (including phenoxy) is 1. The van der Waals surface area contributed by atoms with Gasteiger partial charge in [0.2, 0.25) is 0 Å². The fraction of sp³-hybridized carbons (Fsp3) is 0.222. The van der Waals surface area contributed by atoms with Crippen molar-refractivity contribution in [2.75, 3.05) is 18.5 Å². The van der Waals surface area contributed by atoms with Gasteiger partial charge in [0.1, 0.15) is 0 Å². The molecule has 126 valence electrons. The summed E-state index contributed by atoms with van der Waals surface area (Å²) in [6, 6.07) is 12.8. The van der Waals surface area contributed by atoms with E-state index in [1.807, 2.05) is 38.1 Å². The number of amides is 1. The Labute approximate surface area is 141 Å². The first-order chi connectivity index (χ1) is 11.6. The summed E-state index contributed by atoms with van der Waals surface area (Å²) in [5, 5.41) is 16.9. The van der Waals surface area contributed by atoms with Crippen LogP contribution in [0.3, 0.4) is 0 Å². The van der Waals surface area contributed by atoms with Gasteiger partial charge in [-0.2, -0.15) is 5.10 Å². The summed E-state index contributed by atoms with van der Waals surface area (Å²) in [7, 11) is 0. The van der Waals surface area contributed by atoms with Gasteiger partial charge in [-0.1, -0.05) is 24.3 Å². The molecule has 0 aliphatic carbocycles. The Balaban J connectivity index is 1.89. The molecule has 6 heteroatoms. The molecule has 2 aromatic carbocycles. The number of phenolic OH excluding ortho intramolecular Hbond substituents is 1. The highest BCUT2D eigenvalue weighted by molar-refractivity contribution is 5.87. The Kier molecular flexibility index (Phi) is 6.19. The van der Waals surface area contributed by atoms with Gasteiger partial charge in [0.05, 0.1) is 19.4 Å². The molecular formula is C18H21N3O3. The third-order valence-electron chi connectivity index (χ3n) is 3.31. The first-order valence-corrected chi connectivity index (χ1v) is 7.68. The molecule has 0 atom stereocenters. The summed E-state index contributed by atoms with van der Waals surface area (Å²) in [6.07, 6.45) is 1.38. The number of phenols is 1. The molecule has 0 radical (unpaired) electrons. The van der Waals surface area contributed by atoms with E-state index in [1.54, 1.807) is 18.2 Å². The third-order valence-corrected chi connectivity index (χ3v) is 3.31. The highest BCUT2D eigenvalue weighted by Gasteiger charge is 2.06. The molecule has 0 spiro atoms. The number of nitrogens with zero attached hydrogens (tertiary/aromatic N) is 1. The lowest BCUT2D eigenvalue weighted by molar-refractivity contribution is -0.119. The van der Waals surface area contributed by atoms with Crippen molar-refractivity contribution < 1.29 is 14.6 Å². The van der Waals surface area contributed by atoms with E-state index in [2.05, 4.69) is 15.8 Å². The maximum Gasteiger partial charge on any atom is 0.259 e. The molecule has 2 aromatic rings. The zero-order chi connectivity index (χ0) is 17.4. The van der Waals surface area contributed by atoms with Crippen LogP contribution in [0.25, 0.3) is 0 Å². The van der Waals surface area contributed by atoms with Gasteiger partial charge in [-0.3, -0.25) is 4.79 Å². The van der Waals surface area contributed by atoms with Crippen molar-refractivity contribution in [2.24, 2.45) is 5.10 Å². The average Bonchev–Trinajstić information content (AvgIpc) is 2.57. The third kappa shape index (κ3) is 4.74. The highest BCUT2D eigenvalue weighted by atomic mass is 16.5. The molecule has 0 fully saturated rings. The topological polar surface area (TPSA) is 83.0 Å². The summed E-state index contributed by atoms with van der Waals surface area (Å²) < 4.78 is 5.29. The van der Waals surface area contributed by atoms with Crippen LogP contribution in [0.4, 0.5) is 5.69 Å². The molecular weight excluding hydrogens is 306 g/mol. The molecule has 2 rings (SSSR count). The van der Waals surface area contributed by atoms with Crippen molar-refractivity contribution in [3.8, 4) is 11.5 Å². The summed E-state index contributed by atoms with van der Waals surface area (Å²) in [6.45, 7) is 4.36. The van der Waals surface area contributed by atoms with E-state index in [1.165, 1.54) is 6.21 Å². The predicted molar refractivity (Wildman–Crippen MR) is 94.7 cm³/mol. The number of anilines is 1. The minimum absolute atomic E-state index is 0.00427. The van der Waals surface area contributed by atoms with Crippen molar-refractivity contribution in [3.63, 3.8) is 0 Å². The molecule has 1 amide bonds. The number of benzene rings is 2. The van der Waals surface area contributed by atoms with Gasteiger partial charge in [0, 0.05) is 11.3 Å². The van der Waals surface area contributed by atoms with Crippen LogP contribution in [0.5, 0.6) is 11.5 Å². The summed E-state index contributed by atoms with van der Waals surface area (Å²) in [4.78, 5) is 11.8. The van der Waals surface area contributed by atoms with Gasteiger partial charge in [-0.15, -0.1) is 0 Å². The largest absolute Gasteiger partial charge is 0.504 e. The lowest BCUT2D eigenvalue weighted by Crippen LogP contribution is -2.26. The van der Waals surface area contributed by atoms with Gasteiger partial charge >= 0.3 is 0 Å². The maximum atomic E-state index is 11.8. The maximum absolute atomic E-state index is 11.8. The molecule has 0 bridgehead atoms. The van der Waals surface area contributed by atoms with E-state index in [9.17, 15) is 9.90 Å². The van der Waals surface area contributed by atoms with Crippen molar-refractivity contribution in [1.29, 1.82) is 0 Å². The number of para-hydroxylation sites is 2. The Morgan fingerprint density at radius 1 is 1.25 bits per heavy atom. The van der Waals surface area contributed by atoms with Crippen molar-refractivity contribution >= 4 is 17.8 Å². The van der Waals surface area contributed by atoms with Gasteiger partial charge in [-0.25, -0.2) is 5.43 Å². The standard InChI is InChI=1S/C18H21N3O3/c1-3-24-16-10-6-8-14(18(16)23)11-20-21-17(22)12-19-15-9-5-4-7-13(15)2/h4-11,19,23H,3,12H2,1-2H3,(H,21,22)/b20-11+. The Morgan fingerprint density at radius 3 is 2.79 bits per heavy atom. The molecule has 0 aliphatic heterocycles. The summed E-state index contributed by atoms with van der Waals surface area (Å²) in [5.74, 6) is 0.0966. The molecule has 6 nitrogen and oxygen atoms in total. The number of nitrogens with one attached hydrogen (secondary N) is 2. The molecule has 0 saturated heterocycles. The molecule has 0 saturated carbocycles. The molecule has 24 heavy (non-hydrogen) atoms. The van der Waals surface area contributed by atoms with Crippen LogP contribution >= 0.6 is 0 Å². The molecule has 3 N–H and O–H groups in total. The van der Waals surface area contributed by atoms with Gasteiger partial charge in [0.25, 0.3) is 5.91 Å². The van der Waals surface area contributed by atoms with E-state index < -0.39 is 0 Å². The minimum Gasteiger partial charge on any atom is -0.504 e. The first-order valence-electron chi connectivity index (χ1n) is 7.68. The molecule has 0 unspecified atom stereocenters. The van der Waals surface area contributed by atoms with Crippen molar-refractivity contribution in [3.05, 3.63) is 53.6 Å². The SMILES string of the molecule is CCOc1cccc(/C=N/NC(=O)CNc2ccccc2C)c1O. The fourth-order valence-corrected chi connectivity index (χ4v) is 2.08. The van der Waals surface area contributed by atoms with E-state index in [0.29, 0.717) is 17.9 Å². The van der Waals surface area contributed by atoms with E-state index in [0.717, 1.165) is 11.3 Å². The number of hydrogen-bond acceptors (Lipinski definition) is 5. The molecule has 0 aliphatic rings. The fourth-order valence-electron chi connectivity index (χ4n) is 2.08. The van der Waals surface area contributed by atoms with Crippen LogP contribution in [-0.2, 0) is 4.79 Å². The average molecular weight is 327 g/mol. The quantitative estimate of drug-likeness (QED) is 0.539.